The number of aromatic nitrogens is 2. The van der Waals surface area contributed by atoms with Crippen LogP contribution in [0.15, 0.2) is 21.9 Å². The van der Waals surface area contributed by atoms with E-state index < -0.39 is 42.5 Å². The summed E-state index contributed by atoms with van der Waals surface area (Å²) in [6.07, 6.45) is -4.71. The van der Waals surface area contributed by atoms with Gasteiger partial charge in [0.1, 0.15) is 12.2 Å². The van der Waals surface area contributed by atoms with Gasteiger partial charge in [-0.05, 0) is 0 Å². The number of nitrogens with one attached hydrogen (secondary N) is 1. The van der Waals surface area contributed by atoms with Gasteiger partial charge in [-0.2, -0.15) is 0 Å². The summed E-state index contributed by atoms with van der Waals surface area (Å²) >= 11 is 0. The molecule has 0 saturated carbocycles. The smallest absolute Gasteiger partial charge is 0.330 e. The van der Waals surface area contributed by atoms with Crippen molar-refractivity contribution < 1.29 is 19.3 Å². The summed E-state index contributed by atoms with van der Waals surface area (Å²) in [5.41, 5.74) is -1.42. The van der Waals surface area contributed by atoms with Crippen molar-refractivity contribution in [3.63, 3.8) is 0 Å². The first kappa shape index (κ1) is 12.0. The molecular weight excluding hydrogens is 235 g/mol. The van der Waals surface area contributed by atoms with E-state index in [1.165, 1.54) is 0 Å². The second kappa shape index (κ2) is 4.40. The fraction of sp³-hybridized carbons (Fsp3) is 0.556. The van der Waals surface area contributed by atoms with Crippen LogP contribution in [0.5, 0.6) is 0 Å². The summed E-state index contributed by atoms with van der Waals surface area (Å²) in [5.74, 6) is 0. The first-order valence-corrected chi connectivity index (χ1v) is 4.94. The second-order valence-electron chi connectivity index (χ2n) is 3.70. The molecule has 0 amide bonds. The number of aromatic amines is 1. The van der Waals surface area contributed by atoms with Crippen LogP contribution in [0.1, 0.15) is 6.23 Å². The van der Waals surface area contributed by atoms with Gasteiger partial charge < -0.3 is 14.9 Å². The first-order valence-electron chi connectivity index (χ1n) is 4.94. The van der Waals surface area contributed by atoms with Gasteiger partial charge in [0.05, 0.1) is 6.61 Å². The minimum absolute atomic E-state index is 0.603. The molecule has 1 aromatic heterocycles. The van der Waals surface area contributed by atoms with Crippen molar-refractivity contribution in [1.82, 2.24) is 9.55 Å². The molecule has 0 radical (unpaired) electrons. The highest BCUT2D eigenvalue weighted by atomic mass is 19.1. The Morgan fingerprint density at radius 3 is 2.76 bits per heavy atom. The number of hydrogen-bond donors (Lipinski definition) is 3. The topological polar surface area (TPSA) is 105 Å². The van der Waals surface area contributed by atoms with E-state index >= 15 is 0 Å². The molecule has 8 heteroatoms. The quantitative estimate of drug-likeness (QED) is 0.567. The first-order chi connectivity index (χ1) is 8.04. The van der Waals surface area contributed by atoms with Gasteiger partial charge in [0.2, 0.25) is 0 Å². The Labute approximate surface area is 94.1 Å². The molecule has 1 aliphatic rings. The van der Waals surface area contributed by atoms with E-state index in [4.69, 9.17) is 9.84 Å². The fourth-order valence-corrected chi connectivity index (χ4v) is 1.71. The van der Waals surface area contributed by atoms with Crippen molar-refractivity contribution in [1.29, 1.82) is 0 Å². The van der Waals surface area contributed by atoms with Gasteiger partial charge in [-0.25, -0.2) is 9.18 Å². The Balaban J connectivity index is 2.35. The molecule has 1 aliphatic heterocycles. The molecule has 0 aliphatic carbocycles. The maximum Gasteiger partial charge on any atom is 0.330 e. The van der Waals surface area contributed by atoms with Crippen molar-refractivity contribution in [2.75, 3.05) is 6.61 Å². The highest BCUT2D eigenvalue weighted by Crippen LogP contribution is 2.29. The Kier molecular flexibility index (Phi) is 3.09. The number of H-pyrrole nitrogens is 1. The maximum atomic E-state index is 13.4. The second-order valence-corrected chi connectivity index (χ2v) is 3.70. The lowest BCUT2D eigenvalue weighted by molar-refractivity contribution is -0.0537. The highest BCUT2D eigenvalue weighted by Gasteiger charge is 2.45. The van der Waals surface area contributed by atoms with E-state index in [1.807, 2.05) is 4.98 Å². The molecule has 0 bridgehead atoms. The van der Waals surface area contributed by atoms with Crippen LogP contribution < -0.4 is 11.2 Å². The molecule has 1 fully saturated rings. The average molecular weight is 246 g/mol. The SMILES string of the molecule is O=c1ccn([C@@H]2OC(CO)[C@H](F)[C@H]2O)c(=O)[nH]1. The summed E-state index contributed by atoms with van der Waals surface area (Å²) in [6, 6.07) is 1.05. The van der Waals surface area contributed by atoms with Crippen LogP contribution in [-0.2, 0) is 4.74 Å². The Bertz CT molecular complexity index is 513. The number of halogens is 1. The van der Waals surface area contributed by atoms with Gasteiger partial charge >= 0.3 is 5.69 Å². The zero-order valence-electron chi connectivity index (χ0n) is 8.62. The lowest BCUT2D eigenvalue weighted by atomic mass is 10.1. The average Bonchev–Trinajstić information content (AvgIpc) is 2.57. The van der Waals surface area contributed by atoms with E-state index in [9.17, 15) is 19.1 Å². The van der Waals surface area contributed by atoms with Gasteiger partial charge in [0, 0.05) is 12.3 Å². The number of nitrogens with zero attached hydrogens (tertiary/aromatic N) is 1. The fourth-order valence-electron chi connectivity index (χ4n) is 1.71. The zero-order chi connectivity index (χ0) is 12.6. The number of aliphatic hydroxyl groups is 2. The largest absolute Gasteiger partial charge is 0.394 e. The Morgan fingerprint density at radius 2 is 2.24 bits per heavy atom. The molecule has 1 aromatic rings. The van der Waals surface area contributed by atoms with Gasteiger partial charge in [0.15, 0.2) is 12.4 Å². The molecule has 4 atom stereocenters. The predicted octanol–water partition coefficient (Wildman–Crippen LogP) is -1.87. The van der Waals surface area contributed by atoms with Crippen LogP contribution in [0.25, 0.3) is 0 Å². The van der Waals surface area contributed by atoms with E-state index in [0.29, 0.717) is 0 Å². The third kappa shape index (κ3) is 2.02. The predicted molar refractivity (Wildman–Crippen MR) is 53.2 cm³/mol. The number of rotatable bonds is 2. The third-order valence-corrected chi connectivity index (χ3v) is 2.59. The zero-order valence-corrected chi connectivity index (χ0v) is 8.62. The lowest BCUT2D eigenvalue weighted by Gasteiger charge is -2.16. The summed E-state index contributed by atoms with van der Waals surface area (Å²) in [7, 11) is 0. The molecule has 94 valence electrons. The molecule has 1 unspecified atom stereocenters. The summed E-state index contributed by atoms with van der Waals surface area (Å²) in [6.45, 7) is -0.604. The number of ether oxygens (including phenoxy) is 1. The van der Waals surface area contributed by atoms with Gasteiger partial charge in [-0.15, -0.1) is 0 Å². The molecule has 0 aromatic carbocycles. The summed E-state index contributed by atoms with van der Waals surface area (Å²) in [5, 5.41) is 18.4. The van der Waals surface area contributed by atoms with Crippen molar-refractivity contribution in [2.45, 2.75) is 24.6 Å². The summed E-state index contributed by atoms with van der Waals surface area (Å²) in [4.78, 5) is 24.2. The monoisotopic (exact) mass is 246 g/mol. The van der Waals surface area contributed by atoms with Crippen LogP contribution in [0.4, 0.5) is 4.39 Å². The third-order valence-electron chi connectivity index (χ3n) is 2.59. The molecule has 3 N–H and O–H groups in total. The molecule has 1 saturated heterocycles. The standard InChI is InChI=1S/C9H11FN2O5/c10-6-4(3-13)17-8(7(6)15)12-2-1-5(14)11-9(12)16/h1-2,4,6-8,13,15H,3H2,(H,11,14,16)/t4?,6-,7+,8+/m0/s1. The van der Waals surface area contributed by atoms with Crippen molar-refractivity contribution in [2.24, 2.45) is 0 Å². The maximum absolute atomic E-state index is 13.4. The van der Waals surface area contributed by atoms with Gasteiger partial charge in [-0.3, -0.25) is 14.3 Å². The van der Waals surface area contributed by atoms with E-state index in [0.717, 1.165) is 16.8 Å². The molecule has 0 spiro atoms. The molecule has 17 heavy (non-hydrogen) atoms. The van der Waals surface area contributed by atoms with Crippen LogP contribution in [0.3, 0.4) is 0 Å². The normalized spacial score (nSPS) is 32.9. The molecular formula is C9H11FN2O5. The van der Waals surface area contributed by atoms with Crippen molar-refractivity contribution in [3.8, 4) is 0 Å². The Hall–Kier alpha value is -1.51. The van der Waals surface area contributed by atoms with Crippen molar-refractivity contribution >= 4 is 0 Å². The number of alkyl halides is 1. The van der Waals surface area contributed by atoms with E-state index in [1.54, 1.807) is 0 Å². The van der Waals surface area contributed by atoms with Crippen LogP contribution in [0.2, 0.25) is 0 Å². The van der Waals surface area contributed by atoms with Crippen LogP contribution in [0, 0.1) is 0 Å². The minimum atomic E-state index is -1.79. The molecule has 2 rings (SSSR count). The minimum Gasteiger partial charge on any atom is -0.394 e. The highest BCUT2D eigenvalue weighted by molar-refractivity contribution is 4.93. The van der Waals surface area contributed by atoms with Gasteiger partial charge in [-0.1, -0.05) is 0 Å². The van der Waals surface area contributed by atoms with E-state index in [2.05, 4.69) is 0 Å². The van der Waals surface area contributed by atoms with Crippen LogP contribution >= 0.6 is 0 Å². The Morgan fingerprint density at radius 1 is 1.53 bits per heavy atom. The van der Waals surface area contributed by atoms with Crippen molar-refractivity contribution in [3.05, 3.63) is 33.1 Å². The van der Waals surface area contributed by atoms with Crippen LogP contribution in [-0.4, -0.2) is 44.8 Å². The lowest BCUT2D eigenvalue weighted by Crippen LogP contribution is -2.36. The van der Waals surface area contributed by atoms with Gasteiger partial charge in [0.25, 0.3) is 5.56 Å². The number of hydrogen-bond acceptors (Lipinski definition) is 5. The number of aliphatic hydroxyl groups excluding tert-OH is 2. The molecule has 2 heterocycles. The van der Waals surface area contributed by atoms with E-state index in [-0.39, 0.29) is 0 Å². The molecule has 7 nitrogen and oxygen atoms in total. The summed E-state index contributed by atoms with van der Waals surface area (Å²) < 4.78 is 19.3.